The number of aromatic amines is 1. The summed E-state index contributed by atoms with van der Waals surface area (Å²) in [5.41, 5.74) is 6.60. The average Bonchev–Trinajstić information content (AvgIpc) is 3.65. The molecule has 302 valence electrons. The molecule has 1 aliphatic carbocycles. The van der Waals surface area contributed by atoms with Crippen LogP contribution in [0.15, 0.2) is 134 Å². The Kier molecular flexibility index (Phi) is 13.4. The number of benzene rings is 5. The average molecular weight is 801 g/mol. The molecule has 1 fully saturated rings. The fraction of sp³-hybridized carbons (Fsp3) is 0.298. The number of hydrogen-bond donors (Lipinski definition) is 4. The zero-order valence-electron chi connectivity index (χ0n) is 32.8. The molecule has 0 unspecified atom stereocenters. The Morgan fingerprint density at radius 2 is 1.53 bits per heavy atom. The first kappa shape index (κ1) is 40.6. The SMILES string of the molecule is CS(=O)(=O)Nc1cc(OC[C@@H](O)CN(Cc2ccccc2)C2CCC(c3ccc(C(=O)NCCc4c[nH]c5ccccc45)cc3)CC2)ccc1OCc1ccccc1. The van der Waals surface area contributed by atoms with E-state index in [9.17, 15) is 18.3 Å². The maximum atomic E-state index is 13.0. The molecule has 7 rings (SSSR count). The van der Waals surface area contributed by atoms with Gasteiger partial charge in [0, 0.05) is 54.4 Å². The monoisotopic (exact) mass is 800 g/mol. The summed E-state index contributed by atoms with van der Waals surface area (Å²) in [5, 5.41) is 15.6. The topological polar surface area (TPSA) is 133 Å². The van der Waals surface area contributed by atoms with Crippen LogP contribution in [0.5, 0.6) is 11.5 Å². The first-order chi connectivity index (χ1) is 28.2. The van der Waals surface area contributed by atoms with Crippen LogP contribution in [0, 0.1) is 0 Å². The predicted molar refractivity (Wildman–Crippen MR) is 230 cm³/mol. The molecule has 0 spiro atoms. The Morgan fingerprint density at radius 1 is 0.845 bits per heavy atom. The van der Waals surface area contributed by atoms with E-state index in [1.807, 2.05) is 79.0 Å². The minimum absolute atomic E-state index is 0.0339. The van der Waals surface area contributed by atoms with Crippen molar-refractivity contribution in [2.45, 2.75) is 63.3 Å². The zero-order valence-corrected chi connectivity index (χ0v) is 33.7. The number of anilines is 1. The Hall–Kier alpha value is -5.62. The van der Waals surface area contributed by atoms with Crippen molar-refractivity contribution < 1.29 is 27.8 Å². The van der Waals surface area contributed by atoms with Gasteiger partial charge in [-0.05, 0) is 90.6 Å². The highest BCUT2D eigenvalue weighted by molar-refractivity contribution is 7.92. The highest BCUT2D eigenvalue weighted by Crippen LogP contribution is 2.36. The number of rotatable bonds is 18. The molecule has 6 aromatic rings. The largest absolute Gasteiger partial charge is 0.491 e. The van der Waals surface area contributed by atoms with Gasteiger partial charge in [-0.15, -0.1) is 0 Å². The highest BCUT2D eigenvalue weighted by Gasteiger charge is 2.28. The van der Waals surface area contributed by atoms with Gasteiger partial charge in [-0.25, -0.2) is 8.42 Å². The molecule has 4 N–H and O–H groups in total. The van der Waals surface area contributed by atoms with E-state index in [0.717, 1.165) is 49.4 Å². The Morgan fingerprint density at radius 3 is 2.26 bits per heavy atom. The molecule has 1 aliphatic rings. The molecule has 1 amide bonds. The first-order valence-electron chi connectivity index (χ1n) is 20.0. The minimum atomic E-state index is -3.59. The van der Waals surface area contributed by atoms with Crippen molar-refractivity contribution in [3.05, 3.63) is 161 Å². The first-order valence-corrected chi connectivity index (χ1v) is 21.9. The number of carbonyl (C=O) groups excluding carboxylic acids is 1. The van der Waals surface area contributed by atoms with Gasteiger partial charge in [-0.1, -0.05) is 91.0 Å². The minimum Gasteiger partial charge on any atom is -0.491 e. The van der Waals surface area contributed by atoms with Crippen molar-refractivity contribution >= 4 is 32.5 Å². The van der Waals surface area contributed by atoms with E-state index in [-0.39, 0.29) is 30.9 Å². The summed E-state index contributed by atoms with van der Waals surface area (Å²) >= 11 is 0. The van der Waals surface area contributed by atoms with Crippen molar-refractivity contribution in [1.82, 2.24) is 15.2 Å². The second-order valence-electron chi connectivity index (χ2n) is 15.2. The van der Waals surface area contributed by atoms with E-state index < -0.39 is 16.1 Å². The van der Waals surface area contributed by atoms with Gasteiger partial charge in [0.2, 0.25) is 10.0 Å². The van der Waals surface area contributed by atoms with Gasteiger partial charge >= 0.3 is 0 Å². The fourth-order valence-corrected chi connectivity index (χ4v) is 8.41. The number of fused-ring (bicyclic) bond motifs is 1. The second kappa shape index (κ2) is 19.2. The molecule has 10 nitrogen and oxygen atoms in total. The summed E-state index contributed by atoms with van der Waals surface area (Å²) in [7, 11) is -3.59. The third-order valence-electron chi connectivity index (χ3n) is 10.8. The highest BCUT2D eigenvalue weighted by atomic mass is 32.2. The summed E-state index contributed by atoms with van der Waals surface area (Å²) < 4.78 is 38.9. The van der Waals surface area contributed by atoms with Gasteiger partial charge in [0.05, 0.1) is 11.9 Å². The van der Waals surface area contributed by atoms with Gasteiger partial charge in [-0.3, -0.25) is 14.4 Å². The van der Waals surface area contributed by atoms with Gasteiger partial charge in [0.25, 0.3) is 5.91 Å². The molecule has 0 aliphatic heterocycles. The molecule has 58 heavy (non-hydrogen) atoms. The lowest BCUT2D eigenvalue weighted by atomic mass is 9.81. The number of amides is 1. The summed E-state index contributed by atoms with van der Waals surface area (Å²) in [6.45, 7) is 1.99. The van der Waals surface area contributed by atoms with Crippen LogP contribution >= 0.6 is 0 Å². The Balaban J connectivity index is 0.925. The molecule has 0 bridgehead atoms. The Bertz CT molecular complexity index is 2340. The van der Waals surface area contributed by atoms with Crippen molar-refractivity contribution in [3.8, 4) is 11.5 Å². The van der Waals surface area contributed by atoms with Crippen LogP contribution in [0.3, 0.4) is 0 Å². The number of ether oxygens (including phenoxy) is 2. The van der Waals surface area contributed by atoms with E-state index in [0.29, 0.717) is 42.6 Å². The van der Waals surface area contributed by atoms with Gasteiger partial charge in [-0.2, -0.15) is 0 Å². The lowest BCUT2D eigenvalue weighted by Gasteiger charge is -2.38. The summed E-state index contributed by atoms with van der Waals surface area (Å²) in [6, 6.07) is 41.5. The van der Waals surface area contributed by atoms with Crippen molar-refractivity contribution in [2.24, 2.45) is 0 Å². The van der Waals surface area contributed by atoms with Crippen molar-refractivity contribution in [2.75, 3.05) is 30.7 Å². The molecule has 0 radical (unpaired) electrons. The number of aromatic nitrogens is 1. The van der Waals surface area contributed by atoms with Crippen LogP contribution < -0.4 is 19.5 Å². The smallest absolute Gasteiger partial charge is 0.251 e. The van der Waals surface area contributed by atoms with E-state index in [1.165, 1.54) is 22.1 Å². The summed E-state index contributed by atoms with van der Waals surface area (Å²) in [5.74, 6) is 1.13. The number of hydrogen-bond acceptors (Lipinski definition) is 7. The number of aliphatic hydroxyl groups is 1. The lowest BCUT2D eigenvalue weighted by molar-refractivity contribution is 0.0384. The molecule has 5 aromatic carbocycles. The van der Waals surface area contributed by atoms with Gasteiger partial charge in [0.15, 0.2) is 0 Å². The van der Waals surface area contributed by atoms with Crippen LogP contribution in [0.4, 0.5) is 5.69 Å². The van der Waals surface area contributed by atoms with Crippen LogP contribution in [0.25, 0.3) is 10.9 Å². The van der Waals surface area contributed by atoms with E-state index >= 15 is 0 Å². The zero-order chi connectivity index (χ0) is 40.3. The van der Waals surface area contributed by atoms with Crippen LogP contribution in [-0.4, -0.2) is 67.4 Å². The number of aliphatic hydroxyl groups excluding tert-OH is 1. The molecule has 1 atom stereocenters. The quantitative estimate of drug-likeness (QED) is 0.0692. The summed E-state index contributed by atoms with van der Waals surface area (Å²) in [6.07, 6.45) is 7.05. The molecule has 1 saturated carbocycles. The van der Waals surface area contributed by atoms with Crippen molar-refractivity contribution in [3.63, 3.8) is 0 Å². The normalized spacial score (nSPS) is 16.2. The maximum absolute atomic E-state index is 13.0. The molecule has 1 aromatic heterocycles. The molecule has 11 heteroatoms. The molecular formula is C47H52N4O6S. The third kappa shape index (κ3) is 11.3. The second-order valence-corrected chi connectivity index (χ2v) is 16.9. The van der Waals surface area contributed by atoms with Gasteiger partial charge < -0.3 is 24.9 Å². The predicted octanol–water partition coefficient (Wildman–Crippen LogP) is 8.06. The third-order valence-corrected chi connectivity index (χ3v) is 11.4. The van der Waals surface area contributed by atoms with Gasteiger partial charge in [0.1, 0.15) is 30.8 Å². The number of H-pyrrole nitrogens is 1. The fourth-order valence-electron chi connectivity index (χ4n) is 7.85. The Labute approximate surface area is 341 Å². The van der Waals surface area contributed by atoms with E-state index in [1.54, 1.807) is 18.2 Å². The van der Waals surface area contributed by atoms with Crippen LogP contribution in [0.1, 0.15) is 64.2 Å². The standard InChI is InChI=1S/C47H52N4O6S/c1-58(54,55)50-45-28-42(24-25-46(45)57-32-35-12-6-3-7-13-35)56-33-41(52)31-51(30-34-10-4-2-5-11-34)40-22-20-37(21-23-40)36-16-18-38(19-17-36)47(53)48-27-26-39-29-49-44-15-9-8-14-43(39)44/h2-19,24-25,28-29,37,40-41,49-50,52H,20-23,26-27,30-33H2,1H3,(H,48,53)/t37?,40?,41-/m0/s1. The number of carbonyl (C=O) groups is 1. The van der Waals surface area contributed by atoms with Crippen molar-refractivity contribution in [1.29, 1.82) is 0 Å². The van der Waals surface area contributed by atoms with E-state index in [4.69, 9.17) is 9.47 Å². The van der Waals surface area contributed by atoms with E-state index in [2.05, 4.69) is 56.3 Å². The number of nitrogens with zero attached hydrogens (tertiary/aromatic N) is 1. The van der Waals surface area contributed by atoms with Crippen LogP contribution in [0.2, 0.25) is 0 Å². The summed E-state index contributed by atoms with van der Waals surface area (Å²) in [4.78, 5) is 18.6. The molecule has 1 heterocycles. The maximum Gasteiger partial charge on any atom is 0.251 e. The number of para-hydroxylation sites is 1. The number of sulfonamides is 1. The lowest BCUT2D eigenvalue weighted by Crippen LogP contribution is -2.43. The van der Waals surface area contributed by atoms with Crippen LogP contribution in [-0.2, 0) is 29.6 Å². The molecular weight excluding hydrogens is 749 g/mol. The molecule has 0 saturated heterocycles. The number of nitrogens with one attached hydrogen (secondary N) is 3.